The Hall–Kier alpha value is -0.810. The molecule has 1 heterocycles. The summed E-state index contributed by atoms with van der Waals surface area (Å²) in [6.07, 6.45) is 2.13. The van der Waals surface area contributed by atoms with Crippen LogP contribution >= 0.6 is 0 Å². The lowest BCUT2D eigenvalue weighted by Gasteiger charge is -2.37. The molecule has 0 bridgehead atoms. The highest BCUT2D eigenvalue weighted by molar-refractivity contribution is 4.93. The maximum atomic E-state index is 8.33. The molecule has 0 aromatic carbocycles. The standard InChI is InChI=1S/C8H14N4O2/c9-6-5-8(13-3-4-14-8)2-1-7(6)11-12-10/h6-7H,1-5,9H2/t6-,7?/m1/s1. The van der Waals surface area contributed by atoms with Crippen LogP contribution in [-0.4, -0.2) is 31.1 Å². The number of hydrogen-bond donors (Lipinski definition) is 1. The Morgan fingerprint density at radius 3 is 2.71 bits per heavy atom. The van der Waals surface area contributed by atoms with E-state index >= 15 is 0 Å². The van der Waals surface area contributed by atoms with E-state index in [0.717, 1.165) is 12.8 Å². The first-order valence-electron chi connectivity index (χ1n) is 4.83. The minimum absolute atomic E-state index is 0.113. The van der Waals surface area contributed by atoms with Crippen LogP contribution in [0.25, 0.3) is 10.4 Å². The molecule has 6 heteroatoms. The molecule has 2 rings (SSSR count). The van der Waals surface area contributed by atoms with Crippen LogP contribution < -0.4 is 5.73 Å². The molecule has 2 atom stereocenters. The molecule has 0 radical (unpaired) electrons. The fraction of sp³-hybridized carbons (Fsp3) is 1.00. The summed E-state index contributed by atoms with van der Waals surface area (Å²) >= 11 is 0. The van der Waals surface area contributed by atoms with E-state index in [1.807, 2.05) is 0 Å². The number of azide groups is 1. The molecule has 1 unspecified atom stereocenters. The van der Waals surface area contributed by atoms with E-state index in [1.54, 1.807) is 0 Å². The monoisotopic (exact) mass is 198 g/mol. The molecule has 6 nitrogen and oxygen atoms in total. The van der Waals surface area contributed by atoms with E-state index in [-0.39, 0.29) is 12.1 Å². The highest BCUT2D eigenvalue weighted by Gasteiger charge is 2.43. The van der Waals surface area contributed by atoms with E-state index in [0.29, 0.717) is 19.6 Å². The van der Waals surface area contributed by atoms with Gasteiger partial charge in [-0.15, -0.1) is 0 Å². The van der Waals surface area contributed by atoms with Crippen molar-refractivity contribution in [3.05, 3.63) is 10.4 Å². The first-order valence-corrected chi connectivity index (χ1v) is 4.83. The Balaban J connectivity index is 2.01. The number of rotatable bonds is 1. The zero-order valence-corrected chi connectivity index (χ0v) is 7.93. The van der Waals surface area contributed by atoms with Crippen LogP contribution in [0.2, 0.25) is 0 Å². The summed E-state index contributed by atoms with van der Waals surface area (Å²) in [5.41, 5.74) is 14.2. The van der Waals surface area contributed by atoms with Gasteiger partial charge >= 0.3 is 0 Å². The van der Waals surface area contributed by atoms with Gasteiger partial charge in [0.2, 0.25) is 0 Å². The number of nitrogens with zero attached hydrogens (tertiary/aromatic N) is 3. The second-order valence-corrected chi connectivity index (χ2v) is 3.79. The third-order valence-electron chi connectivity index (χ3n) is 2.88. The Morgan fingerprint density at radius 1 is 1.43 bits per heavy atom. The van der Waals surface area contributed by atoms with Crippen LogP contribution in [0.3, 0.4) is 0 Å². The van der Waals surface area contributed by atoms with E-state index < -0.39 is 5.79 Å². The Bertz CT molecular complexity index is 258. The van der Waals surface area contributed by atoms with Gasteiger partial charge in [0.15, 0.2) is 5.79 Å². The molecular formula is C8H14N4O2. The van der Waals surface area contributed by atoms with Crippen molar-refractivity contribution in [3.63, 3.8) is 0 Å². The summed E-state index contributed by atoms with van der Waals surface area (Å²) in [6, 6.07) is -0.267. The number of ether oxygens (including phenoxy) is 2. The molecule has 1 saturated heterocycles. The molecular weight excluding hydrogens is 184 g/mol. The minimum atomic E-state index is -0.485. The minimum Gasteiger partial charge on any atom is -0.347 e. The van der Waals surface area contributed by atoms with Crippen LogP contribution in [0.4, 0.5) is 0 Å². The van der Waals surface area contributed by atoms with Crippen LogP contribution in [0.1, 0.15) is 19.3 Å². The topological polar surface area (TPSA) is 93.2 Å². The zero-order valence-electron chi connectivity index (χ0n) is 7.93. The molecule has 1 aliphatic heterocycles. The van der Waals surface area contributed by atoms with E-state index in [9.17, 15) is 0 Å². The van der Waals surface area contributed by atoms with Crippen molar-refractivity contribution in [2.45, 2.75) is 37.1 Å². The van der Waals surface area contributed by atoms with Crippen LogP contribution in [0, 0.1) is 0 Å². The summed E-state index contributed by atoms with van der Waals surface area (Å²) in [4.78, 5) is 2.79. The zero-order chi connectivity index (χ0) is 10.0. The summed E-state index contributed by atoms with van der Waals surface area (Å²) < 4.78 is 11.1. The number of hydrogen-bond acceptors (Lipinski definition) is 4. The van der Waals surface area contributed by atoms with Gasteiger partial charge in [-0.1, -0.05) is 5.11 Å². The van der Waals surface area contributed by atoms with Crippen molar-refractivity contribution in [1.29, 1.82) is 0 Å². The van der Waals surface area contributed by atoms with Gasteiger partial charge in [0.25, 0.3) is 0 Å². The Kier molecular flexibility index (Phi) is 2.60. The molecule has 1 spiro atoms. The third-order valence-corrected chi connectivity index (χ3v) is 2.88. The third kappa shape index (κ3) is 1.69. The summed E-state index contributed by atoms with van der Waals surface area (Å²) in [5.74, 6) is -0.485. The van der Waals surface area contributed by atoms with Crippen molar-refractivity contribution in [2.24, 2.45) is 10.8 Å². The summed E-state index contributed by atoms with van der Waals surface area (Å²) in [7, 11) is 0. The highest BCUT2D eigenvalue weighted by atomic mass is 16.7. The van der Waals surface area contributed by atoms with Gasteiger partial charge in [0.1, 0.15) is 0 Å². The van der Waals surface area contributed by atoms with Crippen molar-refractivity contribution in [1.82, 2.24) is 0 Å². The van der Waals surface area contributed by atoms with E-state index in [4.69, 9.17) is 20.7 Å². The SMILES string of the molecule is [N-]=[N+]=NC1CCC2(C[C@H]1N)OCCO2. The largest absolute Gasteiger partial charge is 0.347 e. The predicted molar refractivity (Wildman–Crippen MR) is 49.4 cm³/mol. The molecule has 2 aliphatic rings. The van der Waals surface area contributed by atoms with Crippen LogP contribution in [0.5, 0.6) is 0 Å². The van der Waals surface area contributed by atoms with Gasteiger partial charge in [0.05, 0.1) is 19.3 Å². The maximum Gasteiger partial charge on any atom is 0.170 e. The summed E-state index contributed by atoms with van der Waals surface area (Å²) in [6.45, 7) is 1.28. The first-order chi connectivity index (χ1) is 6.76. The normalized spacial score (nSPS) is 35.5. The molecule has 1 aliphatic carbocycles. The van der Waals surface area contributed by atoms with Gasteiger partial charge in [0, 0.05) is 23.8 Å². The Morgan fingerprint density at radius 2 is 2.14 bits per heavy atom. The highest BCUT2D eigenvalue weighted by Crippen LogP contribution is 2.36. The van der Waals surface area contributed by atoms with Crippen LogP contribution in [0.15, 0.2) is 5.11 Å². The second-order valence-electron chi connectivity index (χ2n) is 3.79. The maximum absolute atomic E-state index is 8.33. The average Bonchev–Trinajstić information content (AvgIpc) is 2.59. The smallest absolute Gasteiger partial charge is 0.170 e. The van der Waals surface area contributed by atoms with Gasteiger partial charge in [-0.2, -0.15) is 0 Å². The lowest BCUT2D eigenvalue weighted by molar-refractivity contribution is -0.181. The Labute approximate surface area is 82.0 Å². The lowest BCUT2D eigenvalue weighted by Crippen LogP contribution is -2.48. The van der Waals surface area contributed by atoms with Gasteiger partial charge in [-0.3, -0.25) is 0 Å². The first kappa shape index (κ1) is 9.73. The fourth-order valence-electron chi connectivity index (χ4n) is 2.15. The van der Waals surface area contributed by atoms with Gasteiger partial charge in [-0.25, -0.2) is 0 Å². The van der Waals surface area contributed by atoms with Crippen molar-refractivity contribution >= 4 is 0 Å². The lowest BCUT2D eigenvalue weighted by atomic mass is 9.87. The molecule has 2 N–H and O–H groups in total. The van der Waals surface area contributed by atoms with Crippen molar-refractivity contribution in [2.75, 3.05) is 13.2 Å². The summed E-state index contributed by atoms with van der Waals surface area (Å²) in [5, 5.41) is 3.66. The van der Waals surface area contributed by atoms with Gasteiger partial charge in [-0.05, 0) is 12.0 Å². The van der Waals surface area contributed by atoms with Gasteiger partial charge < -0.3 is 15.2 Å². The molecule has 14 heavy (non-hydrogen) atoms. The van der Waals surface area contributed by atoms with Crippen LogP contribution in [-0.2, 0) is 9.47 Å². The molecule has 2 fully saturated rings. The predicted octanol–water partition coefficient (Wildman–Crippen LogP) is 0.920. The quantitative estimate of drug-likeness (QED) is 0.385. The molecule has 78 valence electrons. The number of nitrogens with two attached hydrogens (primary N) is 1. The molecule has 0 amide bonds. The fourth-order valence-corrected chi connectivity index (χ4v) is 2.15. The van der Waals surface area contributed by atoms with Crippen molar-refractivity contribution in [3.8, 4) is 0 Å². The van der Waals surface area contributed by atoms with E-state index in [1.165, 1.54) is 0 Å². The van der Waals surface area contributed by atoms with E-state index in [2.05, 4.69) is 10.0 Å². The average molecular weight is 198 g/mol. The molecule has 0 aromatic rings. The molecule has 1 saturated carbocycles. The molecule has 0 aromatic heterocycles. The second kappa shape index (κ2) is 3.74. The van der Waals surface area contributed by atoms with Crippen molar-refractivity contribution < 1.29 is 9.47 Å².